The first-order valence-corrected chi connectivity index (χ1v) is 6.46. The van der Waals surface area contributed by atoms with Crippen molar-refractivity contribution in [1.29, 1.82) is 0 Å². The van der Waals surface area contributed by atoms with Crippen molar-refractivity contribution in [2.75, 3.05) is 6.54 Å². The number of imidazole rings is 1. The quantitative estimate of drug-likeness (QED) is 0.810. The van der Waals surface area contributed by atoms with Crippen LogP contribution in [0.15, 0.2) is 12.5 Å². The molecular formula is C13H21N3O. The fraction of sp³-hybridized carbons (Fsp3) is 0.692. The maximum absolute atomic E-state index is 12.3. The molecule has 0 aliphatic heterocycles. The van der Waals surface area contributed by atoms with Gasteiger partial charge in [0.15, 0.2) is 5.78 Å². The van der Waals surface area contributed by atoms with Crippen LogP contribution in [0.5, 0.6) is 0 Å². The number of carbonyl (C=O) groups is 1. The number of rotatable bonds is 4. The minimum atomic E-state index is 0.181. The van der Waals surface area contributed by atoms with Crippen molar-refractivity contribution >= 4 is 5.78 Å². The number of ketones is 1. The van der Waals surface area contributed by atoms with Crippen molar-refractivity contribution in [3.05, 3.63) is 18.2 Å². The van der Waals surface area contributed by atoms with Crippen molar-refractivity contribution < 1.29 is 4.79 Å². The molecule has 1 aliphatic carbocycles. The van der Waals surface area contributed by atoms with Gasteiger partial charge in [0.2, 0.25) is 0 Å². The van der Waals surface area contributed by atoms with Gasteiger partial charge in [0, 0.05) is 25.2 Å². The van der Waals surface area contributed by atoms with E-state index in [4.69, 9.17) is 5.73 Å². The Morgan fingerprint density at radius 1 is 1.59 bits per heavy atom. The minimum Gasteiger partial charge on any atom is -0.335 e. The van der Waals surface area contributed by atoms with Crippen LogP contribution < -0.4 is 5.73 Å². The van der Waals surface area contributed by atoms with Crippen LogP contribution in [0.25, 0.3) is 0 Å². The van der Waals surface area contributed by atoms with Crippen molar-refractivity contribution in [3.8, 4) is 0 Å². The minimum absolute atomic E-state index is 0.181. The van der Waals surface area contributed by atoms with E-state index in [-0.39, 0.29) is 11.7 Å². The molecule has 0 saturated heterocycles. The summed E-state index contributed by atoms with van der Waals surface area (Å²) < 4.78 is 1.89. The Morgan fingerprint density at radius 2 is 2.41 bits per heavy atom. The molecule has 4 heteroatoms. The van der Waals surface area contributed by atoms with Crippen molar-refractivity contribution in [3.63, 3.8) is 0 Å². The smallest absolute Gasteiger partial charge is 0.185 e. The molecular weight excluding hydrogens is 214 g/mol. The Labute approximate surface area is 102 Å². The predicted octanol–water partition coefficient (Wildman–Crippen LogP) is 1.85. The lowest BCUT2D eigenvalue weighted by molar-refractivity contribution is 0.0863. The van der Waals surface area contributed by atoms with E-state index < -0.39 is 0 Å². The normalized spacial score (nSPS) is 24.8. The number of nitrogens with zero attached hydrogens (tertiary/aromatic N) is 2. The molecule has 0 aromatic carbocycles. The SMILES string of the molecule is CC1CCCC(C(=O)c2cn(CCN)cn2)C1. The number of Topliss-reactive ketones (excluding diaryl/α,β-unsaturated/α-hetero) is 1. The van der Waals surface area contributed by atoms with E-state index in [1.54, 1.807) is 6.33 Å². The van der Waals surface area contributed by atoms with E-state index >= 15 is 0 Å². The summed E-state index contributed by atoms with van der Waals surface area (Å²) >= 11 is 0. The maximum atomic E-state index is 12.3. The van der Waals surface area contributed by atoms with Crippen LogP contribution in [0.3, 0.4) is 0 Å². The maximum Gasteiger partial charge on any atom is 0.185 e. The van der Waals surface area contributed by atoms with Crippen LogP contribution in [0.1, 0.15) is 43.1 Å². The monoisotopic (exact) mass is 235 g/mol. The molecule has 2 atom stereocenters. The fourth-order valence-corrected chi connectivity index (χ4v) is 2.64. The number of nitrogens with two attached hydrogens (primary N) is 1. The average Bonchev–Trinajstić information content (AvgIpc) is 2.77. The summed E-state index contributed by atoms with van der Waals surface area (Å²) in [6.07, 6.45) is 7.99. The van der Waals surface area contributed by atoms with Crippen molar-refractivity contribution in [2.45, 2.75) is 39.2 Å². The first-order valence-electron chi connectivity index (χ1n) is 6.46. The van der Waals surface area contributed by atoms with Gasteiger partial charge in [-0.15, -0.1) is 0 Å². The molecule has 0 amide bonds. The third kappa shape index (κ3) is 2.94. The number of aromatic nitrogens is 2. The van der Waals surface area contributed by atoms with Gasteiger partial charge >= 0.3 is 0 Å². The number of hydrogen-bond donors (Lipinski definition) is 1. The average molecular weight is 235 g/mol. The summed E-state index contributed by atoms with van der Waals surface area (Å²) in [5, 5.41) is 0. The van der Waals surface area contributed by atoms with Crippen molar-refractivity contribution in [1.82, 2.24) is 9.55 Å². The third-order valence-electron chi connectivity index (χ3n) is 3.58. The molecule has 4 nitrogen and oxygen atoms in total. The summed E-state index contributed by atoms with van der Waals surface area (Å²) in [6, 6.07) is 0. The molecule has 0 radical (unpaired) electrons. The molecule has 1 heterocycles. The van der Waals surface area contributed by atoms with Crippen LogP contribution in [0, 0.1) is 11.8 Å². The van der Waals surface area contributed by atoms with Gasteiger partial charge in [-0.3, -0.25) is 4.79 Å². The van der Waals surface area contributed by atoms with E-state index in [2.05, 4.69) is 11.9 Å². The van der Waals surface area contributed by atoms with Crippen LogP contribution in [-0.2, 0) is 6.54 Å². The molecule has 2 N–H and O–H groups in total. The fourth-order valence-electron chi connectivity index (χ4n) is 2.64. The largest absolute Gasteiger partial charge is 0.335 e. The zero-order valence-electron chi connectivity index (χ0n) is 10.4. The standard InChI is InChI=1S/C13H21N3O/c1-10-3-2-4-11(7-10)13(17)12-8-16(6-5-14)9-15-12/h8-11H,2-7,14H2,1H3. The molecule has 1 aromatic rings. The predicted molar refractivity (Wildman–Crippen MR) is 66.7 cm³/mol. The van der Waals surface area contributed by atoms with Crippen LogP contribution in [-0.4, -0.2) is 21.9 Å². The van der Waals surface area contributed by atoms with Gasteiger partial charge < -0.3 is 10.3 Å². The summed E-state index contributed by atoms with van der Waals surface area (Å²) in [7, 11) is 0. The van der Waals surface area contributed by atoms with Gasteiger partial charge in [0.05, 0.1) is 6.33 Å². The molecule has 1 aliphatic rings. The second-order valence-corrected chi connectivity index (χ2v) is 5.12. The summed E-state index contributed by atoms with van der Waals surface area (Å²) in [6.45, 7) is 3.53. The Bertz CT molecular complexity index is 386. The van der Waals surface area contributed by atoms with E-state index in [1.807, 2.05) is 10.8 Å². The lowest BCUT2D eigenvalue weighted by Gasteiger charge is -2.24. The Kier molecular flexibility index (Phi) is 3.94. The van der Waals surface area contributed by atoms with Gasteiger partial charge in [0.25, 0.3) is 0 Å². The molecule has 0 spiro atoms. The third-order valence-corrected chi connectivity index (χ3v) is 3.58. The van der Waals surface area contributed by atoms with Gasteiger partial charge in [-0.25, -0.2) is 4.98 Å². The van der Waals surface area contributed by atoms with E-state index in [9.17, 15) is 4.79 Å². The summed E-state index contributed by atoms with van der Waals surface area (Å²) in [5.41, 5.74) is 6.08. The lowest BCUT2D eigenvalue weighted by atomic mass is 9.80. The second-order valence-electron chi connectivity index (χ2n) is 5.12. The molecule has 1 fully saturated rings. The number of hydrogen-bond acceptors (Lipinski definition) is 3. The Hall–Kier alpha value is -1.16. The van der Waals surface area contributed by atoms with Gasteiger partial charge in [0.1, 0.15) is 5.69 Å². The van der Waals surface area contributed by atoms with E-state index in [0.29, 0.717) is 18.2 Å². The van der Waals surface area contributed by atoms with Crippen LogP contribution in [0.4, 0.5) is 0 Å². The highest BCUT2D eigenvalue weighted by molar-refractivity contribution is 5.95. The zero-order chi connectivity index (χ0) is 12.3. The molecule has 1 saturated carbocycles. The second kappa shape index (κ2) is 5.45. The first-order chi connectivity index (χ1) is 8.20. The molecule has 2 rings (SSSR count). The number of carbonyl (C=O) groups excluding carboxylic acids is 1. The van der Waals surface area contributed by atoms with Gasteiger partial charge in [-0.1, -0.05) is 19.8 Å². The van der Waals surface area contributed by atoms with Crippen LogP contribution >= 0.6 is 0 Å². The highest BCUT2D eigenvalue weighted by Crippen LogP contribution is 2.30. The van der Waals surface area contributed by atoms with Gasteiger partial charge in [-0.2, -0.15) is 0 Å². The molecule has 2 unspecified atom stereocenters. The Morgan fingerprint density at radius 3 is 3.12 bits per heavy atom. The molecule has 94 valence electrons. The highest BCUT2D eigenvalue weighted by atomic mass is 16.1. The summed E-state index contributed by atoms with van der Waals surface area (Å²) in [4.78, 5) is 16.4. The van der Waals surface area contributed by atoms with Gasteiger partial charge in [-0.05, 0) is 18.8 Å². The first kappa shape index (κ1) is 12.3. The lowest BCUT2D eigenvalue weighted by Crippen LogP contribution is -2.22. The molecule has 0 bridgehead atoms. The van der Waals surface area contributed by atoms with Crippen LogP contribution in [0.2, 0.25) is 0 Å². The van der Waals surface area contributed by atoms with Crippen molar-refractivity contribution in [2.24, 2.45) is 17.6 Å². The molecule has 17 heavy (non-hydrogen) atoms. The molecule has 1 aromatic heterocycles. The zero-order valence-corrected chi connectivity index (χ0v) is 10.4. The van der Waals surface area contributed by atoms with E-state index in [0.717, 1.165) is 19.4 Å². The topological polar surface area (TPSA) is 60.9 Å². The van der Waals surface area contributed by atoms with E-state index in [1.165, 1.54) is 12.8 Å². The summed E-state index contributed by atoms with van der Waals surface area (Å²) in [5.74, 6) is 1.07. The highest BCUT2D eigenvalue weighted by Gasteiger charge is 2.26. The Balaban J connectivity index is 2.02.